The highest BCUT2D eigenvalue weighted by Crippen LogP contribution is 2.15. The van der Waals surface area contributed by atoms with Gasteiger partial charge in [-0.2, -0.15) is 0 Å². The van der Waals surface area contributed by atoms with Gasteiger partial charge in [-0.05, 0) is 24.5 Å². The lowest BCUT2D eigenvalue weighted by atomic mass is 10.0. The first-order valence-electron chi connectivity index (χ1n) is 5.79. The van der Waals surface area contributed by atoms with Crippen LogP contribution in [0.4, 0.5) is 0 Å². The summed E-state index contributed by atoms with van der Waals surface area (Å²) < 4.78 is 0. The summed E-state index contributed by atoms with van der Waals surface area (Å²) in [5, 5.41) is 10.3. The second-order valence-corrected chi connectivity index (χ2v) is 4.16. The van der Waals surface area contributed by atoms with Crippen molar-refractivity contribution >= 4 is 10.9 Å². The molecule has 1 aromatic heterocycles. The van der Waals surface area contributed by atoms with E-state index >= 15 is 0 Å². The summed E-state index contributed by atoms with van der Waals surface area (Å²) in [6.07, 6.45) is 1.85. The third-order valence-electron chi connectivity index (χ3n) is 2.99. The predicted molar refractivity (Wildman–Crippen MR) is 66.3 cm³/mol. The molecule has 2 rings (SSSR count). The number of nitrogens with zero attached hydrogens (tertiary/aromatic N) is 1. The Balaban J connectivity index is 2.25. The van der Waals surface area contributed by atoms with Crippen molar-refractivity contribution in [1.29, 1.82) is 0 Å². The highest BCUT2D eigenvalue weighted by Gasteiger charge is 2.07. The molecule has 0 amide bonds. The van der Waals surface area contributed by atoms with Gasteiger partial charge >= 0.3 is 0 Å². The molecular formula is C14H17NO. The first-order chi connectivity index (χ1) is 7.83. The fourth-order valence-corrected chi connectivity index (χ4v) is 1.86. The van der Waals surface area contributed by atoms with Crippen molar-refractivity contribution in [2.45, 2.75) is 19.8 Å². The van der Waals surface area contributed by atoms with Crippen LogP contribution in [0, 0.1) is 5.92 Å². The Morgan fingerprint density at radius 2 is 2.00 bits per heavy atom. The molecule has 0 aliphatic rings. The van der Waals surface area contributed by atoms with Crippen LogP contribution >= 0.6 is 0 Å². The van der Waals surface area contributed by atoms with Gasteiger partial charge in [0.25, 0.3) is 0 Å². The summed E-state index contributed by atoms with van der Waals surface area (Å²) >= 11 is 0. The average molecular weight is 215 g/mol. The van der Waals surface area contributed by atoms with Gasteiger partial charge in [-0.25, -0.2) is 0 Å². The molecule has 0 saturated heterocycles. The van der Waals surface area contributed by atoms with Crippen LogP contribution in [0.15, 0.2) is 36.4 Å². The third-order valence-corrected chi connectivity index (χ3v) is 2.99. The summed E-state index contributed by atoms with van der Waals surface area (Å²) in [6.45, 7) is 2.34. The lowest BCUT2D eigenvalue weighted by Crippen LogP contribution is -2.09. The van der Waals surface area contributed by atoms with Gasteiger partial charge in [0, 0.05) is 17.7 Å². The highest BCUT2D eigenvalue weighted by molar-refractivity contribution is 5.78. The summed E-state index contributed by atoms with van der Waals surface area (Å²) in [5.74, 6) is 0.327. The summed E-state index contributed by atoms with van der Waals surface area (Å²) in [7, 11) is 0. The van der Waals surface area contributed by atoms with E-state index in [0.29, 0.717) is 5.92 Å². The van der Waals surface area contributed by atoms with E-state index < -0.39 is 0 Å². The molecule has 1 aromatic carbocycles. The van der Waals surface area contributed by atoms with Crippen LogP contribution in [0.25, 0.3) is 10.9 Å². The van der Waals surface area contributed by atoms with Crippen LogP contribution in [0.5, 0.6) is 0 Å². The van der Waals surface area contributed by atoms with Crippen LogP contribution in [0.3, 0.4) is 0 Å². The average Bonchev–Trinajstić information content (AvgIpc) is 2.35. The standard InChI is InChI=1S/C14H17NO/c1-2-11(10-16)9-13-8-7-12-5-3-4-6-14(12)15-13/h3-8,11,16H,2,9-10H2,1H3. The summed E-state index contributed by atoms with van der Waals surface area (Å²) in [6, 6.07) is 12.3. The number of pyridine rings is 1. The fourth-order valence-electron chi connectivity index (χ4n) is 1.86. The van der Waals surface area contributed by atoms with Gasteiger partial charge in [0.05, 0.1) is 5.52 Å². The lowest BCUT2D eigenvalue weighted by molar-refractivity contribution is 0.221. The van der Waals surface area contributed by atoms with E-state index in [4.69, 9.17) is 0 Å². The maximum Gasteiger partial charge on any atom is 0.0705 e. The number of hydrogen-bond donors (Lipinski definition) is 1. The van der Waals surface area contributed by atoms with Crippen LogP contribution < -0.4 is 0 Å². The van der Waals surface area contributed by atoms with Crippen molar-refractivity contribution in [1.82, 2.24) is 4.98 Å². The van der Waals surface area contributed by atoms with Gasteiger partial charge < -0.3 is 5.11 Å². The number of fused-ring (bicyclic) bond motifs is 1. The molecule has 0 spiro atoms. The topological polar surface area (TPSA) is 33.1 Å². The third kappa shape index (κ3) is 2.39. The van der Waals surface area contributed by atoms with Gasteiger partial charge in [-0.1, -0.05) is 37.6 Å². The van der Waals surface area contributed by atoms with Gasteiger partial charge in [0.15, 0.2) is 0 Å². The largest absolute Gasteiger partial charge is 0.396 e. The molecule has 84 valence electrons. The van der Waals surface area contributed by atoms with Crippen molar-refractivity contribution in [3.05, 3.63) is 42.1 Å². The van der Waals surface area contributed by atoms with Crippen LogP contribution in [0.2, 0.25) is 0 Å². The molecule has 1 heterocycles. The van der Waals surface area contributed by atoms with E-state index in [0.717, 1.165) is 24.1 Å². The predicted octanol–water partition coefficient (Wildman–Crippen LogP) is 2.80. The number of benzene rings is 1. The van der Waals surface area contributed by atoms with Crippen molar-refractivity contribution < 1.29 is 5.11 Å². The van der Waals surface area contributed by atoms with E-state index in [1.54, 1.807) is 0 Å². The minimum atomic E-state index is 0.241. The Bertz CT molecular complexity index is 463. The summed E-state index contributed by atoms with van der Waals surface area (Å²) in [4.78, 5) is 4.60. The molecule has 2 nitrogen and oxygen atoms in total. The van der Waals surface area contributed by atoms with Gasteiger partial charge in [-0.15, -0.1) is 0 Å². The number of para-hydroxylation sites is 1. The van der Waals surface area contributed by atoms with E-state index in [2.05, 4.69) is 30.1 Å². The molecule has 1 atom stereocenters. The fraction of sp³-hybridized carbons (Fsp3) is 0.357. The van der Waals surface area contributed by atoms with E-state index in [9.17, 15) is 5.11 Å². The molecule has 0 saturated carbocycles. The van der Waals surface area contributed by atoms with E-state index in [1.165, 1.54) is 5.39 Å². The monoisotopic (exact) mass is 215 g/mol. The smallest absolute Gasteiger partial charge is 0.0705 e. The molecule has 2 heteroatoms. The molecule has 2 aromatic rings. The first kappa shape index (κ1) is 11.1. The van der Waals surface area contributed by atoms with E-state index in [1.807, 2.05) is 18.2 Å². The van der Waals surface area contributed by atoms with Crippen LogP contribution in [-0.4, -0.2) is 16.7 Å². The number of rotatable bonds is 4. The molecular weight excluding hydrogens is 198 g/mol. The molecule has 1 N–H and O–H groups in total. The number of hydrogen-bond acceptors (Lipinski definition) is 2. The lowest BCUT2D eigenvalue weighted by Gasteiger charge is -2.10. The van der Waals surface area contributed by atoms with Crippen LogP contribution in [-0.2, 0) is 6.42 Å². The van der Waals surface area contributed by atoms with Crippen molar-refractivity contribution in [3.63, 3.8) is 0 Å². The molecule has 1 unspecified atom stereocenters. The Morgan fingerprint density at radius 3 is 2.75 bits per heavy atom. The minimum Gasteiger partial charge on any atom is -0.396 e. The van der Waals surface area contributed by atoms with Gasteiger partial charge in [0.2, 0.25) is 0 Å². The van der Waals surface area contributed by atoms with Gasteiger partial charge in [-0.3, -0.25) is 4.98 Å². The zero-order valence-electron chi connectivity index (χ0n) is 9.56. The molecule has 0 bridgehead atoms. The minimum absolute atomic E-state index is 0.241. The normalized spacial score (nSPS) is 12.9. The second-order valence-electron chi connectivity index (χ2n) is 4.16. The highest BCUT2D eigenvalue weighted by atomic mass is 16.3. The van der Waals surface area contributed by atoms with Crippen molar-refractivity contribution in [3.8, 4) is 0 Å². The van der Waals surface area contributed by atoms with Gasteiger partial charge in [0.1, 0.15) is 0 Å². The molecule has 0 fully saturated rings. The quantitative estimate of drug-likeness (QED) is 0.850. The first-order valence-corrected chi connectivity index (χ1v) is 5.79. The molecule has 0 radical (unpaired) electrons. The van der Waals surface area contributed by atoms with Crippen molar-refractivity contribution in [2.24, 2.45) is 5.92 Å². The second kappa shape index (κ2) is 5.08. The van der Waals surface area contributed by atoms with Crippen molar-refractivity contribution in [2.75, 3.05) is 6.61 Å². The Morgan fingerprint density at radius 1 is 1.19 bits per heavy atom. The number of aliphatic hydroxyl groups excluding tert-OH is 1. The maximum absolute atomic E-state index is 9.17. The van der Waals surface area contributed by atoms with Crippen LogP contribution in [0.1, 0.15) is 19.0 Å². The zero-order chi connectivity index (χ0) is 11.4. The molecule has 16 heavy (non-hydrogen) atoms. The van der Waals surface area contributed by atoms with E-state index in [-0.39, 0.29) is 6.61 Å². The Labute approximate surface area is 96.0 Å². The number of aromatic nitrogens is 1. The Hall–Kier alpha value is -1.41. The zero-order valence-corrected chi connectivity index (χ0v) is 9.56. The summed E-state index contributed by atoms with van der Waals surface area (Å²) in [5.41, 5.74) is 2.10. The maximum atomic E-state index is 9.17. The molecule has 0 aliphatic heterocycles. The number of aliphatic hydroxyl groups is 1. The Kier molecular flexibility index (Phi) is 3.52. The SMILES string of the molecule is CCC(CO)Cc1ccc2ccccc2n1. The molecule has 0 aliphatic carbocycles.